The molecule has 0 radical (unpaired) electrons. The van der Waals surface area contributed by atoms with Gasteiger partial charge in [0.2, 0.25) is 0 Å². The van der Waals surface area contributed by atoms with E-state index in [1.807, 2.05) is 30.3 Å². The van der Waals surface area contributed by atoms with Gasteiger partial charge in [0, 0.05) is 0 Å². The van der Waals surface area contributed by atoms with E-state index in [1.165, 1.54) is 0 Å². The maximum atomic E-state index is 8.92. The lowest BCUT2D eigenvalue weighted by Crippen LogP contribution is -2.12. The molecule has 3 heteroatoms. The van der Waals surface area contributed by atoms with E-state index in [9.17, 15) is 0 Å². The number of allylic oxidation sites excluding steroid dienone is 3. The summed E-state index contributed by atoms with van der Waals surface area (Å²) in [5, 5.41) is 8.92. The van der Waals surface area contributed by atoms with E-state index in [4.69, 9.17) is 9.76 Å². The van der Waals surface area contributed by atoms with Crippen LogP contribution in [-0.2, 0) is 0 Å². The topological polar surface area (TPSA) is 29.5 Å². The summed E-state index contributed by atoms with van der Waals surface area (Å²) < 4.78 is 5.70. The predicted molar refractivity (Wildman–Crippen MR) is 67.1 cm³/mol. The summed E-state index contributed by atoms with van der Waals surface area (Å²) >= 11 is 0. The highest BCUT2D eigenvalue weighted by atomic mass is 16.5. The first-order valence-corrected chi connectivity index (χ1v) is 5.54. The van der Waals surface area contributed by atoms with Crippen LogP contribution >= 0.6 is 0 Å². The molecule has 1 aliphatic carbocycles. The zero-order chi connectivity index (χ0) is 11.4. The SMILES string of the molecule is CC1C=CC(Oc2ccc(BO)cc2)=CC1. The molecule has 0 amide bonds. The van der Waals surface area contributed by atoms with Crippen molar-refractivity contribution < 1.29 is 9.76 Å². The van der Waals surface area contributed by atoms with Gasteiger partial charge in [-0.05, 0) is 36.6 Å². The van der Waals surface area contributed by atoms with Crippen molar-refractivity contribution in [2.24, 2.45) is 5.92 Å². The highest BCUT2D eigenvalue weighted by Crippen LogP contribution is 2.19. The Morgan fingerprint density at radius 3 is 2.62 bits per heavy atom. The Labute approximate surface area is 96.5 Å². The first-order chi connectivity index (χ1) is 7.78. The molecule has 1 aromatic carbocycles. The fourth-order valence-corrected chi connectivity index (χ4v) is 1.58. The Hall–Kier alpha value is -1.48. The molecule has 2 rings (SSSR count). The predicted octanol–water partition coefficient (Wildman–Crippen LogP) is 1.51. The molecule has 0 saturated carbocycles. The van der Waals surface area contributed by atoms with Crippen LogP contribution in [0.4, 0.5) is 0 Å². The number of hydrogen-bond acceptors (Lipinski definition) is 2. The Kier molecular flexibility index (Phi) is 3.47. The summed E-state index contributed by atoms with van der Waals surface area (Å²) in [6, 6.07) is 7.48. The van der Waals surface area contributed by atoms with Gasteiger partial charge in [0.05, 0.1) is 0 Å². The van der Waals surface area contributed by atoms with Crippen LogP contribution in [0.2, 0.25) is 0 Å². The van der Waals surface area contributed by atoms with Crippen LogP contribution in [0, 0.1) is 5.92 Å². The first-order valence-electron chi connectivity index (χ1n) is 5.54. The third kappa shape index (κ3) is 2.77. The van der Waals surface area contributed by atoms with Crippen LogP contribution in [-0.4, -0.2) is 12.5 Å². The summed E-state index contributed by atoms with van der Waals surface area (Å²) in [6.45, 7) is 2.18. The minimum Gasteiger partial charge on any atom is -0.458 e. The van der Waals surface area contributed by atoms with Gasteiger partial charge in [-0.15, -0.1) is 0 Å². The van der Waals surface area contributed by atoms with Crippen molar-refractivity contribution in [2.45, 2.75) is 13.3 Å². The van der Waals surface area contributed by atoms with Gasteiger partial charge in [0.15, 0.2) is 0 Å². The molecule has 1 N–H and O–H groups in total. The van der Waals surface area contributed by atoms with Gasteiger partial charge >= 0.3 is 7.48 Å². The molecule has 0 heterocycles. The van der Waals surface area contributed by atoms with Crippen molar-refractivity contribution in [1.82, 2.24) is 0 Å². The van der Waals surface area contributed by atoms with Crippen molar-refractivity contribution in [1.29, 1.82) is 0 Å². The molecule has 1 atom stereocenters. The van der Waals surface area contributed by atoms with Crippen LogP contribution in [0.15, 0.2) is 48.3 Å². The molecular formula is C13H15BO2. The average molecular weight is 214 g/mol. The maximum absolute atomic E-state index is 8.92. The lowest BCUT2D eigenvalue weighted by atomic mass is 9.89. The Morgan fingerprint density at radius 2 is 2.06 bits per heavy atom. The number of rotatable bonds is 3. The number of ether oxygens (including phenoxy) is 1. The molecule has 16 heavy (non-hydrogen) atoms. The van der Waals surface area contributed by atoms with Crippen LogP contribution in [0.1, 0.15) is 13.3 Å². The van der Waals surface area contributed by atoms with E-state index in [1.54, 1.807) is 0 Å². The quantitative estimate of drug-likeness (QED) is 0.773. The lowest BCUT2D eigenvalue weighted by Gasteiger charge is -2.12. The van der Waals surface area contributed by atoms with E-state index in [0.717, 1.165) is 23.4 Å². The van der Waals surface area contributed by atoms with Crippen molar-refractivity contribution >= 4 is 12.9 Å². The van der Waals surface area contributed by atoms with Crippen LogP contribution in [0.5, 0.6) is 5.75 Å². The molecule has 0 aliphatic heterocycles. The molecule has 2 nitrogen and oxygen atoms in total. The molecule has 82 valence electrons. The fourth-order valence-electron chi connectivity index (χ4n) is 1.58. The van der Waals surface area contributed by atoms with E-state index >= 15 is 0 Å². The van der Waals surface area contributed by atoms with E-state index in [2.05, 4.69) is 19.1 Å². The smallest absolute Gasteiger partial charge is 0.304 e. The van der Waals surface area contributed by atoms with Gasteiger partial charge in [-0.3, -0.25) is 0 Å². The molecule has 0 fully saturated rings. The Bertz CT molecular complexity index is 406. The third-order valence-electron chi connectivity index (χ3n) is 2.62. The summed E-state index contributed by atoms with van der Waals surface area (Å²) in [5.41, 5.74) is 0.897. The molecule has 1 aliphatic rings. The van der Waals surface area contributed by atoms with Gasteiger partial charge in [0.1, 0.15) is 11.5 Å². The van der Waals surface area contributed by atoms with Gasteiger partial charge < -0.3 is 9.76 Å². The van der Waals surface area contributed by atoms with Crippen molar-refractivity contribution in [3.63, 3.8) is 0 Å². The second kappa shape index (κ2) is 5.04. The van der Waals surface area contributed by atoms with E-state index in [0.29, 0.717) is 5.92 Å². The number of benzene rings is 1. The van der Waals surface area contributed by atoms with Gasteiger partial charge in [-0.1, -0.05) is 30.6 Å². The van der Waals surface area contributed by atoms with E-state index < -0.39 is 0 Å². The zero-order valence-corrected chi connectivity index (χ0v) is 9.39. The van der Waals surface area contributed by atoms with Crippen molar-refractivity contribution in [3.05, 3.63) is 48.3 Å². The second-order valence-corrected chi connectivity index (χ2v) is 4.08. The van der Waals surface area contributed by atoms with Gasteiger partial charge in [0.25, 0.3) is 0 Å². The third-order valence-corrected chi connectivity index (χ3v) is 2.62. The van der Waals surface area contributed by atoms with Gasteiger partial charge in [-0.2, -0.15) is 0 Å². The molecular weight excluding hydrogens is 199 g/mol. The van der Waals surface area contributed by atoms with Crippen LogP contribution in [0.25, 0.3) is 0 Å². The molecule has 0 bridgehead atoms. The summed E-state index contributed by atoms with van der Waals surface area (Å²) in [6.07, 6.45) is 7.29. The lowest BCUT2D eigenvalue weighted by molar-refractivity contribution is 0.435. The molecule has 1 unspecified atom stereocenters. The highest BCUT2D eigenvalue weighted by molar-refractivity contribution is 6.45. The molecule has 1 aromatic rings. The standard InChI is InChI=1S/C13H15BO2/c1-10-2-6-12(7-3-10)16-13-8-4-11(14-15)5-9-13/h2,4-10,14-15H,3H2,1H3. The fraction of sp³-hybridized carbons (Fsp3) is 0.231. The molecule has 0 saturated heterocycles. The summed E-state index contributed by atoms with van der Waals surface area (Å²) in [4.78, 5) is 0. The van der Waals surface area contributed by atoms with Crippen molar-refractivity contribution in [2.75, 3.05) is 0 Å². The number of hydrogen-bond donors (Lipinski definition) is 1. The second-order valence-electron chi connectivity index (χ2n) is 4.08. The summed E-state index contributed by atoms with van der Waals surface area (Å²) in [5.74, 6) is 2.31. The minimum atomic E-state index is 0.0698. The Balaban J connectivity index is 2.01. The minimum absolute atomic E-state index is 0.0698. The first kappa shape index (κ1) is 11.0. The van der Waals surface area contributed by atoms with E-state index in [-0.39, 0.29) is 7.48 Å². The zero-order valence-electron chi connectivity index (χ0n) is 9.39. The van der Waals surface area contributed by atoms with Crippen LogP contribution < -0.4 is 10.2 Å². The average Bonchev–Trinajstić information content (AvgIpc) is 2.33. The maximum Gasteiger partial charge on any atom is 0.304 e. The molecule has 0 aromatic heterocycles. The molecule has 0 spiro atoms. The normalized spacial score (nSPS) is 19.1. The van der Waals surface area contributed by atoms with Crippen LogP contribution in [0.3, 0.4) is 0 Å². The van der Waals surface area contributed by atoms with Crippen molar-refractivity contribution in [3.8, 4) is 5.75 Å². The monoisotopic (exact) mass is 214 g/mol. The van der Waals surface area contributed by atoms with Gasteiger partial charge in [-0.25, -0.2) is 0 Å². The largest absolute Gasteiger partial charge is 0.458 e. The Morgan fingerprint density at radius 1 is 1.31 bits per heavy atom. The highest BCUT2D eigenvalue weighted by Gasteiger charge is 2.05. The summed E-state index contributed by atoms with van der Waals surface area (Å²) in [7, 11) is 0.0698.